The predicted molar refractivity (Wildman–Crippen MR) is 94.9 cm³/mol. The van der Waals surface area contributed by atoms with E-state index in [4.69, 9.17) is 9.47 Å². The molecule has 0 heterocycles. The molecule has 0 spiro atoms. The van der Waals surface area contributed by atoms with Crippen molar-refractivity contribution in [3.63, 3.8) is 0 Å². The first-order valence-corrected chi connectivity index (χ1v) is 8.15. The Morgan fingerprint density at radius 2 is 1.56 bits per heavy atom. The van der Waals surface area contributed by atoms with Gasteiger partial charge < -0.3 is 14.8 Å². The standard InChI is InChI=1S/C20H23NO4/c1-24-18(16-11-7-4-8-12-16)19(22)21-17(20(23)25-2)14-13-15-9-5-3-6-10-15/h3-12,17-18H,13-14H2,1-2H3,(H,21,22)/t17-,18+/m1/s1. The molecule has 2 rings (SSSR count). The molecule has 5 heteroatoms. The summed E-state index contributed by atoms with van der Waals surface area (Å²) in [6, 6.07) is 18.2. The zero-order valence-electron chi connectivity index (χ0n) is 14.5. The lowest BCUT2D eigenvalue weighted by molar-refractivity contribution is -0.147. The largest absolute Gasteiger partial charge is 0.467 e. The van der Waals surface area contributed by atoms with Gasteiger partial charge in [0.15, 0.2) is 6.10 Å². The van der Waals surface area contributed by atoms with Crippen molar-refractivity contribution in [3.05, 3.63) is 71.8 Å². The molecule has 25 heavy (non-hydrogen) atoms. The second kappa shape index (κ2) is 9.59. The predicted octanol–water partition coefficient (Wildman–Crippen LogP) is 2.66. The van der Waals surface area contributed by atoms with Gasteiger partial charge in [-0.25, -0.2) is 4.79 Å². The topological polar surface area (TPSA) is 64.6 Å². The normalized spacial score (nSPS) is 12.9. The fraction of sp³-hybridized carbons (Fsp3) is 0.300. The zero-order chi connectivity index (χ0) is 18.1. The summed E-state index contributed by atoms with van der Waals surface area (Å²) in [5, 5.41) is 2.75. The SMILES string of the molecule is COC(=O)[C@@H](CCc1ccccc1)NC(=O)[C@@H](OC)c1ccccc1. The van der Waals surface area contributed by atoms with Crippen molar-refractivity contribution in [1.29, 1.82) is 0 Å². The van der Waals surface area contributed by atoms with Crippen LogP contribution in [0.5, 0.6) is 0 Å². The number of rotatable bonds is 8. The van der Waals surface area contributed by atoms with Crippen LogP contribution < -0.4 is 5.32 Å². The average Bonchev–Trinajstić information content (AvgIpc) is 2.66. The third kappa shape index (κ3) is 5.43. The van der Waals surface area contributed by atoms with Crippen LogP contribution in [-0.4, -0.2) is 32.1 Å². The van der Waals surface area contributed by atoms with E-state index >= 15 is 0 Å². The summed E-state index contributed by atoms with van der Waals surface area (Å²) >= 11 is 0. The zero-order valence-corrected chi connectivity index (χ0v) is 14.5. The van der Waals surface area contributed by atoms with Gasteiger partial charge in [0, 0.05) is 7.11 Å². The number of carbonyl (C=O) groups is 2. The molecule has 0 aliphatic rings. The molecule has 2 aromatic rings. The molecule has 0 unspecified atom stereocenters. The van der Waals surface area contributed by atoms with E-state index in [1.807, 2.05) is 60.7 Å². The summed E-state index contributed by atoms with van der Waals surface area (Å²) in [6.07, 6.45) is 0.336. The van der Waals surface area contributed by atoms with E-state index in [2.05, 4.69) is 5.32 Å². The Hall–Kier alpha value is -2.66. The molecule has 0 aliphatic heterocycles. The van der Waals surface area contributed by atoms with Crippen LogP contribution in [-0.2, 0) is 25.5 Å². The number of benzene rings is 2. The van der Waals surface area contributed by atoms with Crippen LogP contribution in [0.4, 0.5) is 0 Å². The lowest BCUT2D eigenvalue weighted by Crippen LogP contribution is -2.44. The van der Waals surface area contributed by atoms with Gasteiger partial charge in [-0.2, -0.15) is 0 Å². The van der Waals surface area contributed by atoms with E-state index < -0.39 is 18.1 Å². The average molecular weight is 341 g/mol. The Bertz CT molecular complexity index is 673. The third-order valence-electron chi connectivity index (χ3n) is 3.94. The van der Waals surface area contributed by atoms with E-state index in [0.717, 1.165) is 11.1 Å². The highest BCUT2D eigenvalue weighted by Gasteiger charge is 2.26. The number of carbonyl (C=O) groups excluding carboxylic acids is 2. The Labute approximate surface area is 148 Å². The molecular weight excluding hydrogens is 318 g/mol. The molecule has 0 bridgehead atoms. The second-order valence-corrected chi connectivity index (χ2v) is 5.64. The van der Waals surface area contributed by atoms with Gasteiger partial charge in [-0.1, -0.05) is 60.7 Å². The van der Waals surface area contributed by atoms with Crippen LogP contribution in [0.3, 0.4) is 0 Å². The summed E-state index contributed by atoms with van der Waals surface area (Å²) in [7, 11) is 2.78. The summed E-state index contributed by atoms with van der Waals surface area (Å²) in [4.78, 5) is 24.6. The van der Waals surface area contributed by atoms with E-state index in [0.29, 0.717) is 12.8 Å². The van der Waals surface area contributed by atoms with Crippen molar-refractivity contribution in [1.82, 2.24) is 5.32 Å². The minimum atomic E-state index is -0.773. The fourth-order valence-corrected chi connectivity index (χ4v) is 2.62. The molecule has 5 nitrogen and oxygen atoms in total. The summed E-state index contributed by atoms with van der Waals surface area (Å²) in [6.45, 7) is 0. The van der Waals surface area contributed by atoms with Gasteiger partial charge in [0.2, 0.25) is 0 Å². The Morgan fingerprint density at radius 1 is 0.960 bits per heavy atom. The van der Waals surface area contributed by atoms with Crippen molar-refractivity contribution in [2.24, 2.45) is 0 Å². The minimum Gasteiger partial charge on any atom is -0.467 e. The highest BCUT2D eigenvalue weighted by Crippen LogP contribution is 2.17. The molecule has 2 atom stereocenters. The van der Waals surface area contributed by atoms with Crippen LogP contribution in [0.15, 0.2) is 60.7 Å². The highest BCUT2D eigenvalue weighted by atomic mass is 16.5. The second-order valence-electron chi connectivity index (χ2n) is 5.64. The Morgan fingerprint density at radius 3 is 2.12 bits per heavy atom. The molecule has 0 fully saturated rings. The molecule has 1 amide bonds. The van der Waals surface area contributed by atoms with Gasteiger partial charge in [0.1, 0.15) is 6.04 Å². The van der Waals surface area contributed by atoms with E-state index in [1.54, 1.807) is 0 Å². The molecular formula is C20H23NO4. The number of methoxy groups -OCH3 is 2. The number of aryl methyl sites for hydroxylation is 1. The van der Waals surface area contributed by atoms with E-state index in [1.165, 1.54) is 14.2 Å². The maximum Gasteiger partial charge on any atom is 0.328 e. The van der Waals surface area contributed by atoms with E-state index in [-0.39, 0.29) is 5.91 Å². The molecule has 0 radical (unpaired) electrons. The third-order valence-corrected chi connectivity index (χ3v) is 3.94. The Kier molecular flexibility index (Phi) is 7.16. The minimum absolute atomic E-state index is 0.364. The molecule has 0 saturated heterocycles. The summed E-state index contributed by atoms with van der Waals surface area (Å²) < 4.78 is 10.1. The first-order chi connectivity index (χ1) is 12.2. The molecule has 2 aromatic carbocycles. The van der Waals surface area contributed by atoms with Crippen LogP contribution in [0.2, 0.25) is 0 Å². The summed E-state index contributed by atoms with van der Waals surface area (Å²) in [5.74, 6) is -0.829. The maximum atomic E-state index is 12.6. The number of hydrogen-bond donors (Lipinski definition) is 1. The van der Waals surface area contributed by atoms with Crippen molar-refractivity contribution >= 4 is 11.9 Å². The summed E-state index contributed by atoms with van der Waals surface area (Å²) in [5.41, 5.74) is 1.83. The quantitative estimate of drug-likeness (QED) is 0.750. The van der Waals surface area contributed by atoms with Gasteiger partial charge >= 0.3 is 5.97 Å². The Balaban J connectivity index is 2.05. The number of amides is 1. The smallest absolute Gasteiger partial charge is 0.328 e. The number of ether oxygens (including phenoxy) is 2. The van der Waals surface area contributed by atoms with Gasteiger partial charge in [0.25, 0.3) is 5.91 Å². The molecule has 0 aliphatic carbocycles. The van der Waals surface area contributed by atoms with E-state index in [9.17, 15) is 9.59 Å². The highest BCUT2D eigenvalue weighted by molar-refractivity contribution is 5.87. The lowest BCUT2D eigenvalue weighted by Gasteiger charge is -2.21. The van der Waals surface area contributed by atoms with Gasteiger partial charge in [-0.05, 0) is 24.0 Å². The molecule has 132 valence electrons. The van der Waals surface area contributed by atoms with Crippen molar-refractivity contribution in [2.45, 2.75) is 25.0 Å². The number of esters is 1. The first kappa shape index (κ1) is 18.7. The van der Waals surface area contributed by atoms with Gasteiger partial charge in [-0.3, -0.25) is 4.79 Å². The molecule has 1 N–H and O–H groups in total. The number of nitrogens with one attached hydrogen (secondary N) is 1. The molecule has 0 aromatic heterocycles. The van der Waals surface area contributed by atoms with Crippen LogP contribution >= 0.6 is 0 Å². The van der Waals surface area contributed by atoms with Crippen LogP contribution in [0.1, 0.15) is 23.7 Å². The van der Waals surface area contributed by atoms with Gasteiger partial charge in [-0.15, -0.1) is 0 Å². The van der Waals surface area contributed by atoms with Crippen LogP contribution in [0, 0.1) is 0 Å². The fourth-order valence-electron chi connectivity index (χ4n) is 2.62. The van der Waals surface area contributed by atoms with Crippen molar-refractivity contribution in [3.8, 4) is 0 Å². The monoisotopic (exact) mass is 341 g/mol. The number of hydrogen-bond acceptors (Lipinski definition) is 4. The van der Waals surface area contributed by atoms with Crippen molar-refractivity contribution < 1.29 is 19.1 Å². The lowest BCUT2D eigenvalue weighted by atomic mass is 10.0. The maximum absolute atomic E-state index is 12.6. The van der Waals surface area contributed by atoms with Crippen molar-refractivity contribution in [2.75, 3.05) is 14.2 Å². The van der Waals surface area contributed by atoms with Crippen LogP contribution in [0.25, 0.3) is 0 Å². The molecule has 0 saturated carbocycles. The first-order valence-electron chi connectivity index (χ1n) is 8.15. The van der Waals surface area contributed by atoms with Gasteiger partial charge in [0.05, 0.1) is 7.11 Å².